The Hall–Kier alpha value is -1.72. The third-order valence-corrected chi connectivity index (χ3v) is 4.27. The lowest BCUT2D eigenvalue weighted by Gasteiger charge is -2.16. The molecule has 0 radical (unpaired) electrons. The number of phenolic OH excluding ortho intramolecular Hbond substituents is 1. The predicted octanol–water partition coefficient (Wildman–Crippen LogP) is 3.73. The van der Waals surface area contributed by atoms with Gasteiger partial charge in [-0.2, -0.15) is 0 Å². The quantitative estimate of drug-likeness (QED) is 0.882. The van der Waals surface area contributed by atoms with E-state index in [1.807, 2.05) is 24.3 Å². The second-order valence-corrected chi connectivity index (χ2v) is 5.81. The molecule has 0 saturated carbocycles. The number of phenols is 1. The van der Waals surface area contributed by atoms with Crippen molar-refractivity contribution in [1.29, 1.82) is 0 Å². The number of hydrogen-bond donors (Lipinski definition) is 2. The van der Waals surface area contributed by atoms with E-state index in [-0.39, 0.29) is 18.6 Å². The molecule has 2 aromatic carbocycles. The SMILES string of the molecule is C[C@@H](NCc1cc2c(cc1O)OCO2)c1ccccc1Br. The molecule has 1 aliphatic rings. The maximum Gasteiger partial charge on any atom is 0.231 e. The van der Waals surface area contributed by atoms with Gasteiger partial charge in [0.2, 0.25) is 6.79 Å². The molecule has 0 spiro atoms. The van der Waals surface area contributed by atoms with Crippen LogP contribution in [0.1, 0.15) is 24.1 Å². The number of aromatic hydroxyl groups is 1. The molecule has 2 N–H and O–H groups in total. The first kappa shape index (κ1) is 14.2. The third kappa shape index (κ3) is 2.99. The van der Waals surface area contributed by atoms with Gasteiger partial charge in [-0.3, -0.25) is 0 Å². The van der Waals surface area contributed by atoms with Crippen LogP contribution in [0.5, 0.6) is 17.2 Å². The molecule has 110 valence electrons. The minimum atomic E-state index is 0.158. The molecule has 1 heterocycles. The molecule has 0 bridgehead atoms. The van der Waals surface area contributed by atoms with Crippen molar-refractivity contribution in [3.8, 4) is 17.2 Å². The van der Waals surface area contributed by atoms with E-state index in [4.69, 9.17) is 9.47 Å². The monoisotopic (exact) mass is 349 g/mol. The predicted molar refractivity (Wildman–Crippen MR) is 83.6 cm³/mol. The van der Waals surface area contributed by atoms with Gasteiger partial charge in [0, 0.05) is 28.7 Å². The van der Waals surface area contributed by atoms with Gasteiger partial charge in [0.1, 0.15) is 5.75 Å². The number of fused-ring (bicyclic) bond motifs is 1. The Balaban J connectivity index is 1.72. The Morgan fingerprint density at radius 2 is 1.95 bits per heavy atom. The molecule has 3 rings (SSSR count). The second-order valence-electron chi connectivity index (χ2n) is 4.96. The summed E-state index contributed by atoms with van der Waals surface area (Å²) >= 11 is 3.55. The summed E-state index contributed by atoms with van der Waals surface area (Å²) in [6.07, 6.45) is 0. The average molecular weight is 350 g/mol. The first-order chi connectivity index (χ1) is 10.1. The molecule has 1 aliphatic heterocycles. The molecule has 0 saturated heterocycles. The number of ether oxygens (including phenoxy) is 2. The summed E-state index contributed by atoms with van der Waals surface area (Å²) in [6.45, 7) is 2.84. The zero-order valence-electron chi connectivity index (χ0n) is 11.6. The summed E-state index contributed by atoms with van der Waals surface area (Å²) in [7, 11) is 0. The first-order valence-corrected chi connectivity index (χ1v) is 7.54. The summed E-state index contributed by atoms with van der Waals surface area (Å²) < 4.78 is 11.6. The maximum absolute atomic E-state index is 10.0. The van der Waals surface area contributed by atoms with Crippen LogP contribution in [0.25, 0.3) is 0 Å². The van der Waals surface area contributed by atoms with Gasteiger partial charge in [0.05, 0.1) is 0 Å². The van der Waals surface area contributed by atoms with Crippen molar-refractivity contribution < 1.29 is 14.6 Å². The van der Waals surface area contributed by atoms with Crippen molar-refractivity contribution in [2.24, 2.45) is 0 Å². The minimum absolute atomic E-state index is 0.158. The summed E-state index contributed by atoms with van der Waals surface area (Å²) in [5.74, 6) is 1.49. The van der Waals surface area contributed by atoms with Gasteiger partial charge in [0.15, 0.2) is 11.5 Å². The highest BCUT2D eigenvalue weighted by atomic mass is 79.9. The lowest BCUT2D eigenvalue weighted by atomic mass is 10.1. The van der Waals surface area contributed by atoms with Crippen LogP contribution in [-0.2, 0) is 6.54 Å². The van der Waals surface area contributed by atoms with Gasteiger partial charge in [-0.05, 0) is 24.6 Å². The number of nitrogens with one attached hydrogen (secondary N) is 1. The van der Waals surface area contributed by atoms with Crippen molar-refractivity contribution >= 4 is 15.9 Å². The van der Waals surface area contributed by atoms with Crippen molar-refractivity contribution in [3.05, 3.63) is 52.0 Å². The van der Waals surface area contributed by atoms with Crippen LogP contribution in [0.3, 0.4) is 0 Å². The van der Waals surface area contributed by atoms with E-state index in [2.05, 4.69) is 34.2 Å². The van der Waals surface area contributed by atoms with E-state index in [0.717, 1.165) is 10.0 Å². The Morgan fingerprint density at radius 3 is 2.71 bits per heavy atom. The van der Waals surface area contributed by atoms with Crippen LogP contribution in [0.4, 0.5) is 0 Å². The fraction of sp³-hybridized carbons (Fsp3) is 0.250. The van der Waals surface area contributed by atoms with Gasteiger partial charge >= 0.3 is 0 Å². The summed E-state index contributed by atoms with van der Waals surface area (Å²) in [5.41, 5.74) is 1.97. The van der Waals surface area contributed by atoms with Crippen LogP contribution in [-0.4, -0.2) is 11.9 Å². The van der Waals surface area contributed by atoms with Gasteiger partial charge in [-0.25, -0.2) is 0 Å². The van der Waals surface area contributed by atoms with Crippen molar-refractivity contribution in [2.45, 2.75) is 19.5 Å². The van der Waals surface area contributed by atoms with Gasteiger partial charge in [-0.15, -0.1) is 0 Å². The third-order valence-electron chi connectivity index (χ3n) is 3.54. The molecule has 0 amide bonds. The minimum Gasteiger partial charge on any atom is -0.507 e. The van der Waals surface area contributed by atoms with Crippen molar-refractivity contribution in [2.75, 3.05) is 6.79 Å². The topological polar surface area (TPSA) is 50.7 Å². The van der Waals surface area contributed by atoms with E-state index < -0.39 is 0 Å². The number of hydrogen-bond acceptors (Lipinski definition) is 4. The molecule has 0 aromatic heterocycles. The van der Waals surface area contributed by atoms with E-state index in [1.165, 1.54) is 5.56 Å². The summed E-state index contributed by atoms with van der Waals surface area (Å²) in [5, 5.41) is 13.4. The Labute approximate surface area is 131 Å². The van der Waals surface area contributed by atoms with Gasteiger partial charge in [-0.1, -0.05) is 34.1 Å². The zero-order valence-corrected chi connectivity index (χ0v) is 13.2. The number of halogens is 1. The molecule has 2 aromatic rings. The molecule has 1 atom stereocenters. The molecular weight excluding hydrogens is 334 g/mol. The maximum atomic E-state index is 10.0. The van der Waals surface area contributed by atoms with Gasteiger partial charge in [0.25, 0.3) is 0 Å². The summed E-state index contributed by atoms with van der Waals surface area (Å²) in [4.78, 5) is 0. The highest BCUT2D eigenvalue weighted by molar-refractivity contribution is 9.10. The van der Waals surface area contributed by atoms with E-state index in [1.54, 1.807) is 6.07 Å². The number of rotatable bonds is 4. The molecule has 0 aliphatic carbocycles. The smallest absolute Gasteiger partial charge is 0.231 e. The van der Waals surface area contributed by atoms with Gasteiger partial charge < -0.3 is 19.9 Å². The lowest BCUT2D eigenvalue weighted by Crippen LogP contribution is -2.18. The molecular formula is C16H16BrNO3. The average Bonchev–Trinajstić information content (AvgIpc) is 2.92. The van der Waals surface area contributed by atoms with Crippen LogP contribution >= 0.6 is 15.9 Å². The fourth-order valence-corrected chi connectivity index (χ4v) is 2.94. The van der Waals surface area contributed by atoms with Crippen molar-refractivity contribution in [3.63, 3.8) is 0 Å². The second kappa shape index (κ2) is 5.95. The highest BCUT2D eigenvalue weighted by Crippen LogP contribution is 2.37. The van der Waals surface area contributed by atoms with Crippen molar-refractivity contribution in [1.82, 2.24) is 5.32 Å². The highest BCUT2D eigenvalue weighted by Gasteiger charge is 2.17. The van der Waals surface area contributed by atoms with Crippen LogP contribution in [0.2, 0.25) is 0 Å². The molecule has 0 fully saturated rings. The van der Waals surface area contributed by atoms with Crippen LogP contribution in [0, 0.1) is 0 Å². The fourth-order valence-electron chi connectivity index (χ4n) is 2.31. The normalized spacial score (nSPS) is 14.2. The molecule has 0 unspecified atom stereocenters. The molecule has 5 heteroatoms. The molecule has 4 nitrogen and oxygen atoms in total. The molecule has 21 heavy (non-hydrogen) atoms. The Morgan fingerprint density at radius 1 is 1.24 bits per heavy atom. The standard InChI is InChI=1S/C16H16BrNO3/c1-10(12-4-2-3-5-13(12)17)18-8-11-6-15-16(7-14(11)19)21-9-20-15/h2-7,10,18-19H,8-9H2,1H3/t10-/m1/s1. The van der Waals surface area contributed by atoms with E-state index in [0.29, 0.717) is 18.0 Å². The zero-order chi connectivity index (χ0) is 14.8. The van der Waals surface area contributed by atoms with E-state index >= 15 is 0 Å². The lowest BCUT2D eigenvalue weighted by molar-refractivity contribution is 0.174. The van der Waals surface area contributed by atoms with Crippen LogP contribution < -0.4 is 14.8 Å². The van der Waals surface area contributed by atoms with E-state index in [9.17, 15) is 5.11 Å². The first-order valence-electron chi connectivity index (χ1n) is 6.74. The Bertz CT molecular complexity index is 660. The van der Waals surface area contributed by atoms with Crippen LogP contribution in [0.15, 0.2) is 40.9 Å². The Kier molecular flexibility index (Phi) is 4.03. The summed E-state index contributed by atoms with van der Waals surface area (Å²) in [6, 6.07) is 11.7. The largest absolute Gasteiger partial charge is 0.507 e. The number of benzene rings is 2.